The van der Waals surface area contributed by atoms with Crippen LogP contribution < -0.4 is 9.80 Å². The first-order valence-corrected chi connectivity index (χ1v) is 25.0. The zero-order chi connectivity index (χ0) is 47.1. The topological polar surface area (TPSA) is 6.48 Å². The Morgan fingerprint density at radius 2 is 0.746 bits per heavy atom. The SMILES string of the molecule is c1ccc(-c2cccc(N(c3ccccc3-c3cccc(N(c4ccc(-c5ccc6ccccc6c5)cc4)c4ccc(-c5cccc6ccccc56)cc4)c3)c3cccc4sc5ccccc5c34)c2)cc1. The average Bonchev–Trinajstić information content (AvgIpc) is 3.84. The van der Waals surface area contributed by atoms with Crippen LogP contribution in [0.2, 0.25) is 0 Å². The minimum absolute atomic E-state index is 1.07. The lowest BCUT2D eigenvalue weighted by atomic mass is 9.97. The van der Waals surface area contributed by atoms with Gasteiger partial charge in [0.15, 0.2) is 0 Å². The van der Waals surface area contributed by atoms with E-state index in [1.165, 1.54) is 75.1 Å². The number of nitrogens with zero attached hydrogens (tertiary/aromatic N) is 2. The van der Waals surface area contributed by atoms with E-state index in [4.69, 9.17) is 0 Å². The summed E-state index contributed by atoms with van der Waals surface area (Å²) in [5, 5.41) is 7.49. The van der Waals surface area contributed by atoms with Crippen LogP contribution in [0.15, 0.2) is 279 Å². The summed E-state index contributed by atoms with van der Waals surface area (Å²) in [6.45, 7) is 0. The molecule has 0 radical (unpaired) electrons. The van der Waals surface area contributed by atoms with E-state index >= 15 is 0 Å². The molecule has 13 rings (SSSR count). The molecule has 13 aromatic rings. The van der Waals surface area contributed by atoms with Gasteiger partial charge in [-0.3, -0.25) is 0 Å². The first-order chi connectivity index (χ1) is 35.2. The van der Waals surface area contributed by atoms with Gasteiger partial charge in [-0.05, 0) is 139 Å². The second-order valence-electron chi connectivity index (χ2n) is 18.1. The van der Waals surface area contributed by atoms with Gasteiger partial charge in [-0.25, -0.2) is 0 Å². The Morgan fingerprint density at radius 1 is 0.239 bits per heavy atom. The summed E-state index contributed by atoms with van der Waals surface area (Å²) in [6, 6.07) is 102. The Morgan fingerprint density at radius 3 is 1.56 bits per heavy atom. The predicted octanol–water partition coefficient (Wildman–Crippen LogP) is 20.0. The highest BCUT2D eigenvalue weighted by molar-refractivity contribution is 7.26. The van der Waals surface area contributed by atoms with Gasteiger partial charge in [0.2, 0.25) is 0 Å². The normalized spacial score (nSPS) is 11.4. The zero-order valence-electron chi connectivity index (χ0n) is 38.9. The molecule has 3 heteroatoms. The van der Waals surface area contributed by atoms with E-state index < -0.39 is 0 Å². The molecule has 0 aliphatic carbocycles. The summed E-state index contributed by atoms with van der Waals surface area (Å²) in [5.41, 5.74) is 16.0. The lowest BCUT2D eigenvalue weighted by molar-refractivity contribution is 1.28. The van der Waals surface area contributed by atoms with Crippen molar-refractivity contribution < 1.29 is 0 Å². The van der Waals surface area contributed by atoms with Gasteiger partial charge in [0, 0.05) is 48.5 Å². The minimum atomic E-state index is 1.07. The fraction of sp³-hybridized carbons (Fsp3) is 0. The molecule has 2 nitrogen and oxygen atoms in total. The van der Waals surface area contributed by atoms with E-state index in [2.05, 4.69) is 289 Å². The maximum Gasteiger partial charge on any atom is 0.0555 e. The van der Waals surface area contributed by atoms with Crippen molar-refractivity contribution in [2.45, 2.75) is 0 Å². The number of anilines is 6. The Kier molecular flexibility index (Phi) is 10.8. The Hall–Kier alpha value is -9.02. The van der Waals surface area contributed by atoms with Crippen LogP contribution >= 0.6 is 11.3 Å². The summed E-state index contributed by atoms with van der Waals surface area (Å²) < 4.78 is 2.55. The van der Waals surface area contributed by atoms with Crippen molar-refractivity contribution in [2.75, 3.05) is 9.80 Å². The number of thiophene rings is 1. The first-order valence-electron chi connectivity index (χ1n) is 24.2. The molecular formula is C68H46N2S. The van der Waals surface area contributed by atoms with E-state index in [0.29, 0.717) is 0 Å². The number of para-hydroxylation sites is 1. The van der Waals surface area contributed by atoms with Gasteiger partial charge in [-0.1, -0.05) is 200 Å². The van der Waals surface area contributed by atoms with Crippen LogP contribution in [0.1, 0.15) is 0 Å². The second-order valence-corrected chi connectivity index (χ2v) is 19.2. The van der Waals surface area contributed by atoms with Crippen LogP contribution in [-0.2, 0) is 0 Å². The lowest BCUT2D eigenvalue weighted by Crippen LogP contribution is -2.12. The molecule has 0 N–H and O–H groups in total. The van der Waals surface area contributed by atoms with Gasteiger partial charge < -0.3 is 9.80 Å². The van der Waals surface area contributed by atoms with Crippen molar-refractivity contribution in [3.05, 3.63) is 279 Å². The van der Waals surface area contributed by atoms with Crippen molar-refractivity contribution in [3.8, 4) is 44.5 Å². The monoisotopic (exact) mass is 922 g/mol. The molecule has 1 heterocycles. The average molecular weight is 923 g/mol. The summed E-state index contributed by atoms with van der Waals surface area (Å²) in [6.07, 6.45) is 0. The molecule has 71 heavy (non-hydrogen) atoms. The first kappa shape index (κ1) is 42.1. The molecule has 0 atom stereocenters. The highest BCUT2D eigenvalue weighted by Gasteiger charge is 2.23. The fourth-order valence-electron chi connectivity index (χ4n) is 10.4. The predicted molar refractivity (Wildman–Crippen MR) is 305 cm³/mol. The van der Waals surface area contributed by atoms with Gasteiger partial charge in [0.1, 0.15) is 0 Å². The summed E-state index contributed by atoms with van der Waals surface area (Å²) in [5.74, 6) is 0. The van der Waals surface area contributed by atoms with Crippen LogP contribution in [0.4, 0.5) is 34.1 Å². The molecule has 1 aromatic heterocycles. The van der Waals surface area contributed by atoms with Crippen LogP contribution in [0.5, 0.6) is 0 Å². The summed E-state index contributed by atoms with van der Waals surface area (Å²) in [4.78, 5) is 4.87. The Labute approximate surface area is 418 Å². The number of hydrogen-bond donors (Lipinski definition) is 0. The third kappa shape index (κ3) is 7.89. The second kappa shape index (κ2) is 18.1. The maximum atomic E-state index is 2.48. The van der Waals surface area contributed by atoms with Crippen molar-refractivity contribution in [1.82, 2.24) is 0 Å². The summed E-state index contributed by atoms with van der Waals surface area (Å²) >= 11 is 1.85. The molecule has 0 saturated heterocycles. The molecule has 0 unspecified atom stereocenters. The number of benzene rings is 12. The third-order valence-electron chi connectivity index (χ3n) is 13.8. The fourth-order valence-corrected chi connectivity index (χ4v) is 11.5. The van der Waals surface area contributed by atoms with Gasteiger partial charge in [-0.15, -0.1) is 11.3 Å². The molecule has 0 bridgehead atoms. The van der Waals surface area contributed by atoms with Gasteiger partial charge >= 0.3 is 0 Å². The van der Waals surface area contributed by atoms with Crippen LogP contribution in [0, 0.1) is 0 Å². The lowest BCUT2D eigenvalue weighted by Gasteiger charge is -2.30. The number of hydrogen-bond acceptors (Lipinski definition) is 3. The van der Waals surface area contributed by atoms with Crippen LogP contribution in [0.3, 0.4) is 0 Å². The molecule has 0 aliphatic heterocycles. The van der Waals surface area contributed by atoms with Gasteiger partial charge in [0.05, 0.1) is 11.4 Å². The van der Waals surface area contributed by atoms with Crippen molar-refractivity contribution >= 4 is 87.2 Å². The molecule has 0 saturated carbocycles. The molecule has 0 amide bonds. The molecule has 12 aromatic carbocycles. The highest BCUT2D eigenvalue weighted by Crippen LogP contribution is 2.48. The highest BCUT2D eigenvalue weighted by atomic mass is 32.1. The Balaban J connectivity index is 0.959. The molecule has 334 valence electrons. The van der Waals surface area contributed by atoms with Crippen molar-refractivity contribution in [3.63, 3.8) is 0 Å². The standard InChI is InChI=1S/C68H46N2S/c1-2-16-47(17-3-1)53-22-12-25-59(45-53)70(65-31-15-33-67-68(65)63-28-9-11-32-66(63)71-67)64-30-10-8-27-62(64)55-23-13-24-58(46-55)69(56-40-36-49(37-41-56)54-35-34-48-18-4-5-20-52(48)44-54)57-42-38-51(39-43-57)61-29-14-21-50-19-6-7-26-60(50)61/h1-46H. The van der Waals surface area contributed by atoms with E-state index in [-0.39, 0.29) is 0 Å². The molecular weight excluding hydrogens is 877 g/mol. The summed E-state index contributed by atoms with van der Waals surface area (Å²) in [7, 11) is 0. The van der Waals surface area contributed by atoms with Gasteiger partial charge in [-0.2, -0.15) is 0 Å². The quantitative estimate of drug-likeness (QED) is 0.135. The third-order valence-corrected chi connectivity index (χ3v) is 15.0. The van der Waals surface area contributed by atoms with E-state index in [0.717, 1.165) is 45.3 Å². The van der Waals surface area contributed by atoms with Crippen molar-refractivity contribution in [2.24, 2.45) is 0 Å². The van der Waals surface area contributed by atoms with E-state index in [1.807, 2.05) is 11.3 Å². The Bertz CT molecular complexity index is 4050. The number of fused-ring (bicyclic) bond motifs is 5. The number of rotatable bonds is 10. The van der Waals surface area contributed by atoms with Crippen molar-refractivity contribution in [1.29, 1.82) is 0 Å². The minimum Gasteiger partial charge on any atom is -0.310 e. The van der Waals surface area contributed by atoms with E-state index in [9.17, 15) is 0 Å². The molecule has 0 spiro atoms. The van der Waals surface area contributed by atoms with Crippen LogP contribution in [0.25, 0.3) is 86.2 Å². The van der Waals surface area contributed by atoms with E-state index in [1.54, 1.807) is 0 Å². The largest absolute Gasteiger partial charge is 0.310 e. The van der Waals surface area contributed by atoms with Crippen LogP contribution in [-0.4, -0.2) is 0 Å². The zero-order valence-corrected chi connectivity index (χ0v) is 39.7. The smallest absolute Gasteiger partial charge is 0.0555 e. The maximum absolute atomic E-state index is 2.48. The van der Waals surface area contributed by atoms with Gasteiger partial charge in [0.25, 0.3) is 0 Å². The molecule has 0 fully saturated rings. The molecule has 0 aliphatic rings.